The van der Waals surface area contributed by atoms with Gasteiger partial charge in [-0.15, -0.1) is 23.1 Å². The average Bonchev–Trinajstić information content (AvgIpc) is 3.05. The standard InChI is InChI=1S/C19H17FN2O2S2/c20-12-5-6-16-13(9-12)14(7-8-25-16)21-18(23)10-24-11-19-22-15-3-1-2-4-17(15)26-19/h1-6,9,14H,7-8,10-11H2,(H,21,23)/t14-/m1/s1. The quantitative estimate of drug-likeness (QED) is 0.708. The van der Waals surface area contributed by atoms with Crippen molar-refractivity contribution in [3.05, 3.63) is 58.9 Å². The number of thioether (sulfide) groups is 1. The number of hydrogen-bond donors (Lipinski definition) is 1. The molecular formula is C19H17FN2O2S2. The van der Waals surface area contributed by atoms with Gasteiger partial charge in [-0.1, -0.05) is 12.1 Å². The molecule has 0 saturated carbocycles. The Morgan fingerprint density at radius 2 is 2.19 bits per heavy atom. The Balaban J connectivity index is 1.33. The van der Waals surface area contributed by atoms with Gasteiger partial charge in [0.1, 0.15) is 17.4 Å². The van der Waals surface area contributed by atoms with Gasteiger partial charge in [-0.05, 0) is 42.3 Å². The Morgan fingerprint density at radius 3 is 3.08 bits per heavy atom. The van der Waals surface area contributed by atoms with E-state index in [2.05, 4.69) is 10.3 Å². The van der Waals surface area contributed by atoms with Gasteiger partial charge in [0.05, 0.1) is 22.9 Å². The highest BCUT2D eigenvalue weighted by Gasteiger charge is 2.22. The molecule has 4 nitrogen and oxygen atoms in total. The topological polar surface area (TPSA) is 51.2 Å². The van der Waals surface area contributed by atoms with Crippen LogP contribution in [0.25, 0.3) is 10.2 Å². The summed E-state index contributed by atoms with van der Waals surface area (Å²) in [6.07, 6.45) is 0.782. The van der Waals surface area contributed by atoms with E-state index in [0.717, 1.165) is 37.9 Å². The Kier molecular flexibility index (Phi) is 5.19. The van der Waals surface area contributed by atoms with Crippen molar-refractivity contribution in [1.82, 2.24) is 10.3 Å². The molecule has 2 heterocycles. The Hall–Kier alpha value is -1.96. The highest BCUT2D eigenvalue weighted by Crippen LogP contribution is 2.36. The van der Waals surface area contributed by atoms with E-state index in [1.807, 2.05) is 24.3 Å². The Bertz CT molecular complexity index is 911. The summed E-state index contributed by atoms with van der Waals surface area (Å²) in [5.74, 6) is 0.423. The predicted molar refractivity (Wildman–Crippen MR) is 102 cm³/mol. The van der Waals surface area contributed by atoms with Crippen molar-refractivity contribution in [2.75, 3.05) is 12.4 Å². The molecule has 134 valence electrons. The molecule has 0 fully saturated rings. The van der Waals surface area contributed by atoms with Crippen molar-refractivity contribution in [2.24, 2.45) is 0 Å². The monoisotopic (exact) mass is 388 g/mol. The van der Waals surface area contributed by atoms with Crippen LogP contribution in [-0.4, -0.2) is 23.3 Å². The van der Waals surface area contributed by atoms with Crippen LogP contribution in [0.15, 0.2) is 47.4 Å². The number of carbonyl (C=O) groups excluding carboxylic acids is 1. The lowest BCUT2D eigenvalue weighted by Crippen LogP contribution is -2.33. The van der Waals surface area contributed by atoms with Gasteiger partial charge < -0.3 is 10.1 Å². The molecule has 0 bridgehead atoms. The summed E-state index contributed by atoms with van der Waals surface area (Å²) in [5.41, 5.74) is 1.79. The van der Waals surface area contributed by atoms with Crippen molar-refractivity contribution >= 4 is 39.2 Å². The van der Waals surface area contributed by atoms with Crippen molar-refractivity contribution in [3.8, 4) is 0 Å². The highest BCUT2D eigenvalue weighted by atomic mass is 32.2. The van der Waals surface area contributed by atoms with E-state index in [0.29, 0.717) is 6.61 Å². The number of aromatic nitrogens is 1. The van der Waals surface area contributed by atoms with E-state index >= 15 is 0 Å². The molecule has 0 aliphatic carbocycles. The normalized spacial score (nSPS) is 16.4. The summed E-state index contributed by atoms with van der Waals surface area (Å²) in [7, 11) is 0. The van der Waals surface area contributed by atoms with Gasteiger partial charge in [0.15, 0.2) is 0 Å². The number of halogens is 1. The number of amides is 1. The van der Waals surface area contributed by atoms with Gasteiger partial charge in [0.2, 0.25) is 5.91 Å². The number of hydrogen-bond acceptors (Lipinski definition) is 5. The minimum atomic E-state index is -0.280. The third kappa shape index (κ3) is 3.90. The minimum absolute atomic E-state index is 0.0375. The van der Waals surface area contributed by atoms with Crippen LogP contribution in [0.2, 0.25) is 0 Å². The van der Waals surface area contributed by atoms with Gasteiger partial charge in [-0.25, -0.2) is 9.37 Å². The van der Waals surface area contributed by atoms with E-state index in [1.54, 1.807) is 29.2 Å². The molecular weight excluding hydrogens is 371 g/mol. The van der Waals surface area contributed by atoms with Gasteiger partial charge in [0, 0.05) is 10.6 Å². The average molecular weight is 388 g/mol. The van der Waals surface area contributed by atoms with Crippen molar-refractivity contribution in [2.45, 2.75) is 24.0 Å². The molecule has 0 saturated heterocycles. The first-order chi connectivity index (χ1) is 12.7. The molecule has 7 heteroatoms. The molecule has 4 rings (SSSR count). The minimum Gasteiger partial charge on any atom is -0.364 e. The first kappa shape index (κ1) is 17.5. The second-order valence-corrected chi connectivity index (χ2v) is 8.26. The molecule has 0 unspecified atom stereocenters. The maximum Gasteiger partial charge on any atom is 0.246 e. The molecule has 1 aliphatic heterocycles. The number of thiazole rings is 1. The summed E-state index contributed by atoms with van der Waals surface area (Å²) in [6, 6.07) is 12.5. The molecule has 1 amide bonds. The number of fused-ring (bicyclic) bond motifs is 2. The third-order valence-corrected chi connectivity index (χ3v) is 6.28. The molecule has 1 aromatic heterocycles. The summed E-state index contributed by atoms with van der Waals surface area (Å²) in [6.45, 7) is 0.267. The summed E-state index contributed by atoms with van der Waals surface area (Å²) < 4.78 is 20.2. The predicted octanol–water partition coefficient (Wildman–Crippen LogP) is 4.31. The van der Waals surface area contributed by atoms with Crippen molar-refractivity contribution in [1.29, 1.82) is 0 Å². The van der Waals surface area contributed by atoms with Gasteiger partial charge in [-0.3, -0.25) is 4.79 Å². The van der Waals surface area contributed by atoms with Crippen LogP contribution in [0.5, 0.6) is 0 Å². The smallest absolute Gasteiger partial charge is 0.246 e. The fraction of sp³-hybridized carbons (Fsp3) is 0.263. The number of carbonyl (C=O) groups is 1. The second-order valence-electron chi connectivity index (χ2n) is 6.01. The van der Waals surface area contributed by atoms with Crippen LogP contribution in [0.1, 0.15) is 23.0 Å². The number of nitrogens with one attached hydrogen (secondary N) is 1. The van der Waals surface area contributed by atoms with Crippen LogP contribution in [0.3, 0.4) is 0 Å². The first-order valence-electron chi connectivity index (χ1n) is 8.33. The number of para-hydroxylation sites is 1. The lowest BCUT2D eigenvalue weighted by molar-refractivity contribution is -0.126. The Morgan fingerprint density at radius 1 is 1.31 bits per heavy atom. The SMILES string of the molecule is O=C(COCc1nc2ccccc2s1)N[C@@H]1CCSc2ccc(F)cc21. The van der Waals surface area contributed by atoms with E-state index in [4.69, 9.17) is 4.74 Å². The van der Waals surface area contributed by atoms with Crippen LogP contribution >= 0.6 is 23.1 Å². The molecule has 26 heavy (non-hydrogen) atoms. The third-order valence-electron chi connectivity index (χ3n) is 4.14. The van der Waals surface area contributed by atoms with Crippen LogP contribution in [0.4, 0.5) is 4.39 Å². The van der Waals surface area contributed by atoms with E-state index < -0.39 is 0 Å². The fourth-order valence-corrected chi connectivity index (χ4v) is 4.97. The molecule has 1 aliphatic rings. The molecule has 1 atom stereocenters. The fourth-order valence-electron chi connectivity index (χ4n) is 2.96. The zero-order valence-electron chi connectivity index (χ0n) is 13.9. The zero-order chi connectivity index (χ0) is 17.9. The van der Waals surface area contributed by atoms with Gasteiger partial charge in [-0.2, -0.15) is 0 Å². The largest absolute Gasteiger partial charge is 0.364 e. The zero-order valence-corrected chi connectivity index (χ0v) is 15.5. The van der Waals surface area contributed by atoms with Crippen molar-refractivity contribution in [3.63, 3.8) is 0 Å². The molecule has 3 aromatic rings. The van der Waals surface area contributed by atoms with Crippen molar-refractivity contribution < 1.29 is 13.9 Å². The molecule has 2 aromatic carbocycles. The Labute approximate surface area is 158 Å². The number of nitrogens with zero attached hydrogens (tertiary/aromatic N) is 1. The number of benzene rings is 2. The van der Waals surface area contributed by atoms with Crippen LogP contribution in [-0.2, 0) is 16.1 Å². The summed E-state index contributed by atoms with van der Waals surface area (Å²) in [4.78, 5) is 17.7. The van der Waals surface area contributed by atoms with Gasteiger partial charge >= 0.3 is 0 Å². The molecule has 0 radical (unpaired) electrons. The van der Waals surface area contributed by atoms with E-state index in [1.165, 1.54) is 12.1 Å². The lowest BCUT2D eigenvalue weighted by Gasteiger charge is -2.26. The van der Waals surface area contributed by atoms with Crippen LogP contribution in [0, 0.1) is 5.82 Å². The number of rotatable bonds is 5. The first-order valence-corrected chi connectivity index (χ1v) is 10.1. The maximum atomic E-state index is 13.5. The van der Waals surface area contributed by atoms with E-state index in [9.17, 15) is 9.18 Å². The van der Waals surface area contributed by atoms with Gasteiger partial charge in [0.25, 0.3) is 0 Å². The lowest BCUT2D eigenvalue weighted by atomic mass is 10.0. The number of ether oxygens (including phenoxy) is 1. The maximum absolute atomic E-state index is 13.5. The van der Waals surface area contributed by atoms with E-state index in [-0.39, 0.29) is 24.4 Å². The van der Waals surface area contributed by atoms with Crippen LogP contribution < -0.4 is 5.32 Å². The highest BCUT2D eigenvalue weighted by molar-refractivity contribution is 7.99. The second kappa shape index (κ2) is 7.73. The molecule has 1 N–H and O–H groups in total. The summed E-state index contributed by atoms with van der Waals surface area (Å²) >= 11 is 3.25. The summed E-state index contributed by atoms with van der Waals surface area (Å²) in [5, 5.41) is 3.80. The molecule has 0 spiro atoms.